The van der Waals surface area contributed by atoms with Gasteiger partial charge in [-0.2, -0.15) is 0 Å². The van der Waals surface area contributed by atoms with Gasteiger partial charge >= 0.3 is 0 Å². The molecule has 0 saturated heterocycles. The number of nitrogens with one attached hydrogen (secondary N) is 1. The monoisotopic (exact) mass is 462 g/mol. The highest BCUT2D eigenvalue weighted by Crippen LogP contribution is 2.23. The van der Waals surface area contributed by atoms with Gasteiger partial charge in [0.25, 0.3) is 0 Å². The fourth-order valence-electron chi connectivity index (χ4n) is 2.75. The standard InChI is InChI=1S/C22H20ClFN2O4S/c1-31(28,29)26(14-22(27)25-17-7-12-21(24)20(23)13-17)18-8-10-19(11-9-18)30-15-16-5-3-2-4-6-16/h2-13H,14-15H2,1H3,(H,25,27). The van der Waals surface area contributed by atoms with E-state index < -0.39 is 28.3 Å². The molecular weight excluding hydrogens is 443 g/mol. The van der Waals surface area contributed by atoms with Gasteiger partial charge in [-0.15, -0.1) is 0 Å². The fourth-order valence-corrected chi connectivity index (χ4v) is 3.79. The Morgan fingerprint density at radius 2 is 1.74 bits per heavy atom. The lowest BCUT2D eigenvalue weighted by Crippen LogP contribution is -2.37. The number of amides is 1. The highest BCUT2D eigenvalue weighted by atomic mass is 35.5. The van der Waals surface area contributed by atoms with Crippen LogP contribution in [0.1, 0.15) is 5.56 Å². The van der Waals surface area contributed by atoms with Crippen molar-refractivity contribution < 1.29 is 22.3 Å². The maximum absolute atomic E-state index is 13.3. The summed E-state index contributed by atoms with van der Waals surface area (Å²) in [6.07, 6.45) is 1.01. The molecule has 0 aliphatic carbocycles. The van der Waals surface area contributed by atoms with Crippen LogP contribution in [0.3, 0.4) is 0 Å². The number of halogens is 2. The minimum atomic E-state index is -3.74. The molecule has 0 unspecified atom stereocenters. The molecule has 0 radical (unpaired) electrons. The molecule has 3 aromatic carbocycles. The molecule has 162 valence electrons. The molecule has 0 bridgehead atoms. The minimum Gasteiger partial charge on any atom is -0.489 e. The van der Waals surface area contributed by atoms with Crippen molar-refractivity contribution in [1.29, 1.82) is 0 Å². The number of sulfonamides is 1. The van der Waals surface area contributed by atoms with Gasteiger partial charge in [0.15, 0.2) is 0 Å². The minimum absolute atomic E-state index is 0.149. The highest BCUT2D eigenvalue weighted by Gasteiger charge is 2.21. The summed E-state index contributed by atoms with van der Waals surface area (Å²) in [6, 6.07) is 19.7. The van der Waals surface area contributed by atoms with Crippen LogP contribution in [0.4, 0.5) is 15.8 Å². The molecule has 3 rings (SSSR count). The maximum atomic E-state index is 13.3. The summed E-state index contributed by atoms with van der Waals surface area (Å²) in [5.41, 5.74) is 1.57. The third kappa shape index (κ3) is 6.44. The number of nitrogens with zero attached hydrogens (tertiary/aromatic N) is 1. The third-order valence-corrected chi connectivity index (χ3v) is 5.69. The Morgan fingerprint density at radius 1 is 1.06 bits per heavy atom. The number of carbonyl (C=O) groups is 1. The highest BCUT2D eigenvalue weighted by molar-refractivity contribution is 7.92. The predicted octanol–water partition coefficient (Wildman–Crippen LogP) is 4.46. The molecular formula is C22H20ClFN2O4S. The summed E-state index contributed by atoms with van der Waals surface area (Å²) >= 11 is 5.71. The average Bonchev–Trinajstić information content (AvgIpc) is 2.74. The van der Waals surface area contributed by atoms with Crippen molar-refractivity contribution in [3.05, 3.63) is 89.2 Å². The summed E-state index contributed by atoms with van der Waals surface area (Å²) in [4.78, 5) is 12.4. The number of benzene rings is 3. The molecule has 0 fully saturated rings. The summed E-state index contributed by atoms with van der Waals surface area (Å²) in [5, 5.41) is 2.36. The summed E-state index contributed by atoms with van der Waals surface area (Å²) < 4.78 is 44.5. The van der Waals surface area contributed by atoms with Crippen LogP contribution in [0.15, 0.2) is 72.8 Å². The van der Waals surface area contributed by atoms with E-state index in [4.69, 9.17) is 16.3 Å². The number of rotatable bonds is 8. The zero-order chi connectivity index (χ0) is 22.4. The van der Waals surface area contributed by atoms with Gasteiger partial charge in [0.2, 0.25) is 15.9 Å². The van der Waals surface area contributed by atoms with Crippen LogP contribution in [0, 0.1) is 5.82 Å². The van der Waals surface area contributed by atoms with Gasteiger partial charge < -0.3 is 10.1 Å². The number of hydrogen-bond acceptors (Lipinski definition) is 4. The molecule has 0 aliphatic heterocycles. The Kier molecular flexibility index (Phi) is 7.14. The van der Waals surface area contributed by atoms with Crippen molar-refractivity contribution in [2.75, 3.05) is 22.4 Å². The van der Waals surface area contributed by atoms with Crippen LogP contribution in [0.2, 0.25) is 5.02 Å². The first kappa shape index (κ1) is 22.6. The second-order valence-corrected chi connectivity index (χ2v) is 9.03. The molecule has 9 heteroatoms. The van der Waals surface area contributed by atoms with Crippen molar-refractivity contribution in [2.45, 2.75) is 6.61 Å². The number of carbonyl (C=O) groups excluding carboxylic acids is 1. The second-order valence-electron chi connectivity index (χ2n) is 6.71. The fraction of sp³-hybridized carbons (Fsp3) is 0.136. The Labute approximate surface area is 185 Å². The molecule has 3 aromatic rings. The Hall–Kier alpha value is -3.10. The topological polar surface area (TPSA) is 75.7 Å². The van der Waals surface area contributed by atoms with E-state index in [0.29, 0.717) is 18.0 Å². The van der Waals surface area contributed by atoms with E-state index in [1.165, 1.54) is 12.1 Å². The molecule has 6 nitrogen and oxygen atoms in total. The number of ether oxygens (including phenoxy) is 1. The Bertz CT molecular complexity index is 1160. The molecule has 0 spiro atoms. The first-order valence-electron chi connectivity index (χ1n) is 9.22. The van der Waals surface area contributed by atoms with Crippen LogP contribution in [-0.4, -0.2) is 27.1 Å². The van der Waals surface area contributed by atoms with E-state index in [-0.39, 0.29) is 10.7 Å². The van der Waals surface area contributed by atoms with Crippen molar-refractivity contribution in [2.24, 2.45) is 0 Å². The molecule has 31 heavy (non-hydrogen) atoms. The van der Waals surface area contributed by atoms with Gasteiger partial charge in [0.05, 0.1) is 17.0 Å². The summed E-state index contributed by atoms with van der Waals surface area (Å²) in [6.45, 7) is -0.0866. The van der Waals surface area contributed by atoms with Crippen LogP contribution >= 0.6 is 11.6 Å². The largest absolute Gasteiger partial charge is 0.489 e. The van der Waals surface area contributed by atoms with Gasteiger partial charge in [-0.05, 0) is 48.0 Å². The van der Waals surface area contributed by atoms with Crippen LogP contribution < -0.4 is 14.4 Å². The van der Waals surface area contributed by atoms with Gasteiger partial charge in [-0.1, -0.05) is 41.9 Å². The SMILES string of the molecule is CS(=O)(=O)N(CC(=O)Nc1ccc(F)c(Cl)c1)c1ccc(OCc2ccccc2)cc1. The molecule has 0 aromatic heterocycles. The van der Waals surface area contributed by atoms with Crippen LogP contribution in [-0.2, 0) is 21.4 Å². The first-order valence-corrected chi connectivity index (χ1v) is 11.4. The van der Waals surface area contributed by atoms with E-state index in [1.807, 2.05) is 30.3 Å². The van der Waals surface area contributed by atoms with E-state index >= 15 is 0 Å². The summed E-state index contributed by atoms with van der Waals surface area (Å²) in [7, 11) is -3.74. The van der Waals surface area contributed by atoms with Crippen LogP contribution in [0.25, 0.3) is 0 Å². The number of hydrogen-bond donors (Lipinski definition) is 1. The summed E-state index contributed by atoms with van der Waals surface area (Å²) in [5.74, 6) is -0.657. The first-order chi connectivity index (χ1) is 14.7. The lowest BCUT2D eigenvalue weighted by Gasteiger charge is -2.22. The van der Waals surface area contributed by atoms with Gasteiger partial charge in [-0.25, -0.2) is 12.8 Å². The van der Waals surface area contributed by atoms with Gasteiger partial charge in [0.1, 0.15) is 24.7 Å². The quantitative estimate of drug-likeness (QED) is 0.536. The maximum Gasteiger partial charge on any atom is 0.245 e. The van der Waals surface area contributed by atoms with E-state index in [0.717, 1.165) is 22.2 Å². The van der Waals surface area contributed by atoms with E-state index in [1.54, 1.807) is 24.3 Å². The van der Waals surface area contributed by atoms with Crippen molar-refractivity contribution in [3.63, 3.8) is 0 Å². The van der Waals surface area contributed by atoms with E-state index in [2.05, 4.69) is 5.32 Å². The van der Waals surface area contributed by atoms with Gasteiger partial charge in [-0.3, -0.25) is 9.10 Å². The molecule has 0 aliphatic rings. The molecule has 0 saturated carbocycles. The predicted molar refractivity (Wildman–Crippen MR) is 119 cm³/mol. The lowest BCUT2D eigenvalue weighted by molar-refractivity contribution is -0.114. The molecule has 0 heterocycles. The van der Waals surface area contributed by atoms with Crippen LogP contribution in [0.5, 0.6) is 5.75 Å². The van der Waals surface area contributed by atoms with Crippen molar-refractivity contribution in [1.82, 2.24) is 0 Å². The van der Waals surface area contributed by atoms with Crippen molar-refractivity contribution in [3.8, 4) is 5.75 Å². The second kappa shape index (κ2) is 9.80. The van der Waals surface area contributed by atoms with Gasteiger partial charge in [0, 0.05) is 5.69 Å². The Balaban J connectivity index is 1.68. The molecule has 1 amide bonds. The smallest absolute Gasteiger partial charge is 0.245 e. The van der Waals surface area contributed by atoms with E-state index in [9.17, 15) is 17.6 Å². The zero-order valence-corrected chi connectivity index (χ0v) is 18.2. The number of anilines is 2. The molecule has 1 N–H and O–H groups in total. The Morgan fingerprint density at radius 3 is 2.35 bits per heavy atom. The molecule has 0 atom stereocenters. The van der Waals surface area contributed by atoms with Crippen molar-refractivity contribution >= 4 is 38.9 Å². The normalized spacial score (nSPS) is 11.1. The average molecular weight is 463 g/mol. The lowest BCUT2D eigenvalue weighted by atomic mass is 10.2. The zero-order valence-electron chi connectivity index (χ0n) is 16.6. The third-order valence-electron chi connectivity index (χ3n) is 4.26.